The lowest BCUT2D eigenvalue weighted by molar-refractivity contribution is -0.109. The van der Waals surface area contributed by atoms with E-state index in [-0.39, 0.29) is 10.4 Å². The maximum absolute atomic E-state index is 11.0. The van der Waals surface area contributed by atoms with Crippen molar-refractivity contribution in [3.63, 3.8) is 0 Å². The monoisotopic (exact) mass is 208 g/mol. The van der Waals surface area contributed by atoms with Gasteiger partial charge >= 0.3 is 0 Å². The van der Waals surface area contributed by atoms with Crippen molar-refractivity contribution in [1.82, 2.24) is 0 Å². The van der Waals surface area contributed by atoms with Crippen molar-refractivity contribution in [2.75, 3.05) is 6.61 Å². The van der Waals surface area contributed by atoms with Crippen molar-refractivity contribution in [1.29, 1.82) is 0 Å². The third-order valence-corrected chi connectivity index (χ3v) is 3.32. The van der Waals surface area contributed by atoms with Gasteiger partial charge in [-0.05, 0) is 12.5 Å². The summed E-state index contributed by atoms with van der Waals surface area (Å²) >= 11 is 1.40. The Bertz CT molecular complexity index is 349. The van der Waals surface area contributed by atoms with Gasteiger partial charge in [0.1, 0.15) is 5.75 Å². The smallest absolute Gasteiger partial charge is 0.186 e. The summed E-state index contributed by atoms with van der Waals surface area (Å²) in [5, 5.41) is 0.448. The minimum absolute atomic E-state index is 0.173. The number of carbonyl (C=O) groups is 1. The van der Waals surface area contributed by atoms with Crippen LogP contribution in [0.1, 0.15) is 24.2 Å². The Balaban J connectivity index is 2.26. The first-order chi connectivity index (χ1) is 6.77. The summed E-state index contributed by atoms with van der Waals surface area (Å²) in [5.74, 6) is 0.928. The number of hydrogen-bond donors (Lipinski definition) is 0. The first-order valence-electron chi connectivity index (χ1n) is 4.66. The first-order valence-corrected chi connectivity index (χ1v) is 5.54. The summed E-state index contributed by atoms with van der Waals surface area (Å²) in [4.78, 5) is 11.0. The van der Waals surface area contributed by atoms with Gasteiger partial charge in [-0.25, -0.2) is 0 Å². The molecule has 2 rings (SSSR count). The van der Waals surface area contributed by atoms with Crippen LogP contribution < -0.4 is 4.74 Å². The molecule has 0 aliphatic carbocycles. The summed E-state index contributed by atoms with van der Waals surface area (Å²) in [7, 11) is 0. The Morgan fingerprint density at radius 3 is 3.07 bits per heavy atom. The number of carbonyl (C=O) groups excluding carboxylic acids is 1. The van der Waals surface area contributed by atoms with Crippen LogP contribution in [0.15, 0.2) is 24.3 Å². The molecule has 0 amide bonds. The molecule has 1 aromatic rings. The van der Waals surface area contributed by atoms with E-state index in [1.165, 1.54) is 11.8 Å². The zero-order chi connectivity index (χ0) is 9.97. The fourth-order valence-corrected chi connectivity index (χ4v) is 2.57. The van der Waals surface area contributed by atoms with Crippen LogP contribution in [0.25, 0.3) is 0 Å². The van der Waals surface area contributed by atoms with Crippen LogP contribution in [0.4, 0.5) is 0 Å². The third-order valence-electron chi connectivity index (χ3n) is 2.21. The summed E-state index contributed by atoms with van der Waals surface area (Å²) < 4.78 is 5.51. The average molecular weight is 208 g/mol. The number of rotatable bonds is 1. The maximum atomic E-state index is 11.0. The van der Waals surface area contributed by atoms with E-state index in [2.05, 4.69) is 0 Å². The van der Waals surface area contributed by atoms with Crippen LogP contribution in [0.3, 0.4) is 0 Å². The fraction of sp³-hybridized carbons (Fsp3) is 0.364. The Kier molecular flexibility index (Phi) is 2.77. The van der Waals surface area contributed by atoms with E-state index >= 15 is 0 Å². The van der Waals surface area contributed by atoms with E-state index in [1.807, 2.05) is 24.3 Å². The molecule has 0 saturated heterocycles. The van der Waals surface area contributed by atoms with Gasteiger partial charge in [0.15, 0.2) is 5.12 Å². The number of hydrogen-bond acceptors (Lipinski definition) is 3. The number of ether oxygens (including phenoxy) is 1. The summed E-state index contributed by atoms with van der Waals surface area (Å²) in [6.07, 6.45) is 0.918. The topological polar surface area (TPSA) is 26.3 Å². The van der Waals surface area contributed by atoms with Crippen LogP contribution in [-0.4, -0.2) is 11.7 Å². The Labute approximate surface area is 87.6 Å². The van der Waals surface area contributed by atoms with E-state index in [4.69, 9.17) is 4.74 Å². The minimum atomic E-state index is 0.173. The molecule has 1 unspecified atom stereocenters. The fourth-order valence-electron chi connectivity index (χ4n) is 1.63. The van der Waals surface area contributed by atoms with Crippen molar-refractivity contribution in [3.05, 3.63) is 29.8 Å². The third kappa shape index (κ3) is 1.93. The lowest BCUT2D eigenvalue weighted by Crippen LogP contribution is -2.12. The summed E-state index contributed by atoms with van der Waals surface area (Å²) in [6.45, 7) is 2.32. The van der Waals surface area contributed by atoms with Gasteiger partial charge in [-0.3, -0.25) is 4.79 Å². The number of para-hydroxylation sites is 1. The zero-order valence-electron chi connectivity index (χ0n) is 8.03. The van der Waals surface area contributed by atoms with Gasteiger partial charge in [-0.15, -0.1) is 0 Å². The van der Waals surface area contributed by atoms with Gasteiger partial charge in [0.2, 0.25) is 0 Å². The molecule has 1 aliphatic heterocycles. The van der Waals surface area contributed by atoms with Crippen molar-refractivity contribution in [2.24, 2.45) is 0 Å². The van der Waals surface area contributed by atoms with E-state index in [1.54, 1.807) is 6.92 Å². The highest BCUT2D eigenvalue weighted by atomic mass is 32.2. The van der Waals surface area contributed by atoms with Gasteiger partial charge in [0.25, 0.3) is 0 Å². The molecular weight excluding hydrogens is 196 g/mol. The SMILES string of the molecule is CC(=O)SC1CCOc2ccccc21. The Morgan fingerprint density at radius 2 is 2.29 bits per heavy atom. The zero-order valence-corrected chi connectivity index (χ0v) is 8.84. The van der Waals surface area contributed by atoms with E-state index in [9.17, 15) is 4.79 Å². The molecule has 14 heavy (non-hydrogen) atoms. The molecule has 0 bridgehead atoms. The molecule has 0 radical (unpaired) electrons. The lowest BCUT2D eigenvalue weighted by Gasteiger charge is -2.24. The van der Waals surface area contributed by atoms with Gasteiger partial charge in [0.05, 0.1) is 6.61 Å². The molecule has 0 spiro atoms. The van der Waals surface area contributed by atoms with Crippen LogP contribution in [0, 0.1) is 0 Å². The Hall–Kier alpha value is -0.960. The van der Waals surface area contributed by atoms with Crippen molar-refractivity contribution < 1.29 is 9.53 Å². The molecule has 0 aromatic heterocycles. The molecule has 74 valence electrons. The number of fused-ring (bicyclic) bond motifs is 1. The molecule has 0 saturated carbocycles. The standard InChI is InChI=1S/C11H12O2S/c1-8(12)14-11-6-7-13-10-5-3-2-4-9(10)11/h2-5,11H,6-7H2,1H3. The van der Waals surface area contributed by atoms with Crippen LogP contribution in [-0.2, 0) is 4.79 Å². The highest BCUT2D eigenvalue weighted by Crippen LogP contribution is 2.40. The quantitative estimate of drug-likeness (QED) is 0.710. The highest BCUT2D eigenvalue weighted by molar-refractivity contribution is 8.13. The highest BCUT2D eigenvalue weighted by Gasteiger charge is 2.22. The molecule has 1 aliphatic rings. The Morgan fingerprint density at radius 1 is 1.50 bits per heavy atom. The second kappa shape index (κ2) is 4.05. The normalized spacial score (nSPS) is 19.6. The summed E-state index contributed by atoms with van der Waals surface area (Å²) in [6, 6.07) is 7.94. The molecule has 1 heterocycles. The lowest BCUT2D eigenvalue weighted by atomic mass is 10.1. The van der Waals surface area contributed by atoms with Crippen molar-refractivity contribution in [3.8, 4) is 5.75 Å². The maximum Gasteiger partial charge on any atom is 0.186 e. The van der Waals surface area contributed by atoms with Crippen molar-refractivity contribution in [2.45, 2.75) is 18.6 Å². The van der Waals surface area contributed by atoms with Gasteiger partial charge < -0.3 is 4.74 Å². The van der Waals surface area contributed by atoms with Gasteiger partial charge in [-0.1, -0.05) is 30.0 Å². The molecule has 1 atom stereocenters. The predicted octanol–water partition coefficient (Wildman–Crippen LogP) is 2.79. The summed E-state index contributed by atoms with van der Waals surface area (Å²) in [5.41, 5.74) is 1.15. The second-order valence-electron chi connectivity index (χ2n) is 3.27. The van der Waals surface area contributed by atoms with Crippen LogP contribution in [0.5, 0.6) is 5.75 Å². The minimum Gasteiger partial charge on any atom is -0.493 e. The van der Waals surface area contributed by atoms with Crippen molar-refractivity contribution >= 4 is 16.9 Å². The molecule has 0 fully saturated rings. The molecule has 3 heteroatoms. The van der Waals surface area contributed by atoms with Crippen LogP contribution >= 0.6 is 11.8 Å². The van der Waals surface area contributed by atoms with E-state index in [0.717, 1.165) is 17.7 Å². The van der Waals surface area contributed by atoms with Gasteiger partial charge in [0, 0.05) is 17.7 Å². The number of benzene rings is 1. The first kappa shape index (κ1) is 9.59. The van der Waals surface area contributed by atoms with E-state index < -0.39 is 0 Å². The molecule has 0 N–H and O–H groups in total. The van der Waals surface area contributed by atoms with Gasteiger partial charge in [-0.2, -0.15) is 0 Å². The number of thioether (sulfide) groups is 1. The van der Waals surface area contributed by atoms with Crippen LogP contribution in [0.2, 0.25) is 0 Å². The second-order valence-corrected chi connectivity index (χ2v) is 4.65. The van der Waals surface area contributed by atoms with E-state index in [0.29, 0.717) is 6.61 Å². The average Bonchev–Trinajstić information content (AvgIpc) is 2.18. The molecule has 1 aromatic carbocycles. The largest absolute Gasteiger partial charge is 0.493 e. The predicted molar refractivity (Wildman–Crippen MR) is 57.6 cm³/mol. The molecular formula is C11H12O2S. The molecule has 2 nitrogen and oxygen atoms in total.